The summed E-state index contributed by atoms with van der Waals surface area (Å²) in [6, 6.07) is 9.21. The molecule has 0 bridgehead atoms. The van der Waals surface area contributed by atoms with Crippen LogP contribution < -0.4 is 10.5 Å². The number of benzene rings is 1. The van der Waals surface area contributed by atoms with Gasteiger partial charge in [-0.25, -0.2) is 4.68 Å². The van der Waals surface area contributed by atoms with E-state index in [1.54, 1.807) is 24.1 Å². The van der Waals surface area contributed by atoms with Gasteiger partial charge in [0.15, 0.2) is 0 Å². The molecule has 3 rings (SSSR count). The van der Waals surface area contributed by atoms with E-state index >= 15 is 0 Å². The third kappa shape index (κ3) is 2.03. The first-order valence-corrected chi connectivity index (χ1v) is 5.68. The minimum Gasteiger partial charge on any atom is -0.496 e. The lowest BCUT2D eigenvalue weighted by Gasteiger charge is -2.08. The molecule has 6 heteroatoms. The second-order valence-corrected chi connectivity index (χ2v) is 3.95. The number of anilines is 1. The van der Waals surface area contributed by atoms with E-state index in [9.17, 15) is 0 Å². The number of nitrogens with zero attached hydrogens (tertiary/aromatic N) is 3. The minimum atomic E-state index is 0.265. The summed E-state index contributed by atoms with van der Waals surface area (Å²) < 4.78 is 12.0. The highest BCUT2D eigenvalue weighted by Crippen LogP contribution is 2.31. The number of hydrogen-bond acceptors (Lipinski definition) is 5. The van der Waals surface area contributed by atoms with E-state index in [-0.39, 0.29) is 5.88 Å². The van der Waals surface area contributed by atoms with Crippen LogP contribution in [-0.2, 0) is 0 Å². The molecule has 2 aromatic heterocycles. The molecule has 0 aliphatic heterocycles. The minimum absolute atomic E-state index is 0.265. The molecule has 2 N–H and O–H groups in total. The Hall–Kier alpha value is -2.76. The van der Waals surface area contributed by atoms with Gasteiger partial charge in [-0.15, -0.1) is 0 Å². The van der Waals surface area contributed by atoms with Crippen molar-refractivity contribution in [3.63, 3.8) is 0 Å². The van der Waals surface area contributed by atoms with Gasteiger partial charge in [0.1, 0.15) is 11.4 Å². The van der Waals surface area contributed by atoms with Crippen molar-refractivity contribution in [2.24, 2.45) is 0 Å². The van der Waals surface area contributed by atoms with Gasteiger partial charge < -0.3 is 15.0 Å². The van der Waals surface area contributed by atoms with E-state index in [1.807, 2.05) is 30.5 Å². The van der Waals surface area contributed by atoms with Crippen LogP contribution in [0.4, 0.5) is 5.88 Å². The molecule has 0 amide bonds. The highest BCUT2D eigenvalue weighted by molar-refractivity contribution is 5.71. The molecule has 0 saturated carbocycles. The number of hydrogen-bond donors (Lipinski definition) is 1. The smallest absolute Gasteiger partial charge is 0.222 e. The summed E-state index contributed by atoms with van der Waals surface area (Å²) in [5.41, 5.74) is 7.89. The lowest BCUT2D eigenvalue weighted by molar-refractivity contribution is 0.414. The molecular formula is C13H12N4O2. The molecule has 0 radical (unpaired) electrons. The second-order valence-electron chi connectivity index (χ2n) is 3.95. The van der Waals surface area contributed by atoms with Crippen LogP contribution in [0.2, 0.25) is 0 Å². The van der Waals surface area contributed by atoms with Crippen LogP contribution in [0.5, 0.6) is 5.75 Å². The van der Waals surface area contributed by atoms with E-state index in [0.717, 1.165) is 11.3 Å². The zero-order chi connectivity index (χ0) is 13.2. The highest BCUT2D eigenvalue weighted by Gasteiger charge is 2.12. The Morgan fingerprint density at radius 2 is 2.21 bits per heavy atom. The van der Waals surface area contributed by atoms with E-state index < -0.39 is 0 Å². The zero-order valence-electron chi connectivity index (χ0n) is 10.3. The van der Waals surface area contributed by atoms with Crippen molar-refractivity contribution in [2.75, 3.05) is 12.8 Å². The van der Waals surface area contributed by atoms with E-state index in [1.165, 1.54) is 0 Å². The maximum atomic E-state index is 5.55. The first-order chi connectivity index (χ1) is 9.28. The Morgan fingerprint density at radius 3 is 2.84 bits per heavy atom. The monoisotopic (exact) mass is 256 g/mol. The van der Waals surface area contributed by atoms with Crippen molar-refractivity contribution >= 4 is 5.88 Å². The van der Waals surface area contributed by atoms with Gasteiger partial charge in [-0.2, -0.15) is 5.10 Å². The summed E-state index contributed by atoms with van der Waals surface area (Å²) >= 11 is 0. The normalized spacial score (nSPS) is 10.6. The summed E-state index contributed by atoms with van der Waals surface area (Å²) in [5.74, 6) is 0.964. The molecular weight excluding hydrogens is 244 g/mol. The van der Waals surface area contributed by atoms with Crippen LogP contribution in [0.25, 0.3) is 16.9 Å². The Labute approximate surface area is 109 Å². The Kier molecular flexibility index (Phi) is 2.68. The molecule has 3 aromatic rings. The summed E-state index contributed by atoms with van der Waals surface area (Å²) in [6.45, 7) is 0. The SMILES string of the molecule is COc1ccc(-n2cccn2)cc1-c1cc(N)on1. The number of methoxy groups -OCH3 is 1. The first-order valence-electron chi connectivity index (χ1n) is 5.68. The molecule has 0 atom stereocenters. The molecule has 19 heavy (non-hydrogen) atoms. The van der Waals surface area contributed by atoms with Gasteiger partial charge in [0.25, 0.3) is 0 Å². The molecule has 0 aliphatic carbocycles. The topological polar surface area (TPSA) is 79.1 Å². The van der Waals surface area contributed by atoms with Gasteiger partial charge >= 0.3 is 0 Å². The Morgan fingerprint density at radius 1 is 1.32 bits per heavy atom. The van der Waals surface area contributed by atoms with Crippen LogP contribution in [-0.4, -0.2) is 22.0 Å². The Balaban J connectivity index is 2.13. The summed E-state index contributed by atoms with van der Waals surface area (Å²) in [4.78, 5) is 0. The average Bonchev–Trinajstić information content (AvgIpc) is 3.09. The molecule has 1 aromatic carbocycles. The van der Waals surface area contributed by atoms with Crippen LogP contribution in [0, 0.1) is 0 Å². The zero-order valence-corrected chi connectivity index (χ0v) is 10.3. The molecule has 0 fully saturated rings. The fourth-order valence-electron chi connectivity index (χ4n) is 1.88. The Bertz CT molecular complexity index is 688. The highest BCUT2D eigenvalue weighted by atomic mass is 16.5. The van der Waals surface area contributed by atoms with Crippen molar-refractivity contribution in [3.8, 4) is 22.7 Å². The summed E-state index contributed by atoms with van der Waals surface area (Å²) in [6.07, 6.45) is 3.58. The average molecular weight is 256 g/mol. The number of rotatable bonds is 3. The lowest BCUT2D eigenvalue weighted by Crippen LogP contribution is -1.96. The lowest BCUT2D eigenvalue weighted by atomic mass is 10.1. The molecule has 0 unspecified atom stereocenters. The van der Waals surface area contributed by atoms with Crippen molar-refractivity contribution in [1.82, 2.24) is 14.9 Å². The predicted octanol–water partition coefficient (Wildman–Crippen LogP) is 2.12. The summed E-state index contributed by atoms with van der Waals surface area (Å²) in [5, 5.41) is 8.10. The quantitative estimate of drug-likeness (QED) is 0.776. The number of nitrogens with two attached hydrogens (primary N) is 1. The van der Waals surface area contributed by atoms with Crippen molar-refractivity contribution in [1.29, 1.82) is 0 Å². The first kappa shape index (κ1) is 11.3. The summed E-state index contributed by atoms with van der Waals surface area (Å²) in [7, 11) is 1.61. The molecule has 0 saturated heterocycles. The van der Waals surface area contributed by atoms with Gasteiger partial charge in [0, 0.05) is 24.0 Å². The van der Waals surface area contributed by atoms with Crippen LogP contribution >= 0.6 is 0 Å². The third-order valence-corrected chi connectivity index (χ3v) is 2.76. The van der Waals surface area contributed by atoms with E-state index in [0.29, 0.717) is 11.4 Å². The van der Waals surface area contributed by atoms with Gasteiger partial charge in [-0.3, -0.25) is 0 Å². The molecule has 0 spiro atoms. The number of ether oxygens (including phenoxy) is 1. The molecule has 0 aliphatic rings. The molecule has 6 nitrogen and oxygen atoms in total. The van der Waals surface area contributed by atoms with Crippen LogP contribution in [0.3, 0.4) is 0 Å². The van der Waals surface area contributed by atoms with Crippen molar-refractivity contribution in [2.45, 2.75) is 0 Å². The van der Waals surface area contributed by atoms with Gasteiger partial charge in [0.2, 0.25) is 5.88 Å². The van der Waals surface area contributed by atoms with Crippen LogP contribution in [0.15, 0.2) is 47.2 Å². The number of aromatic nitrogens is 3. The van der Waals surface area contributed by atoms with Gasteiger partial charge in [-0.1, -0.05) is 5.16 Å². The van der Waals surface area contributed by atoms with Gasteiger partial charge in [0.05, 0.1) is 12.8 Å². The largest absolute Gasteiger partial charge is 0.496 e. The van der Waals surface area contributed by atoms with Crippen molar-refractivity contribution < 1.29 is 9.26 Å². The molecule has 96 valence electrons. The van der Waals surface area contributed by atoms with Crippen molar-refractivity contribution in [3.05, 3.63) is 42.7 Å². The number of nitrogen functional groups attached to an aromatic ring is 1. The second kappa shape index (κ2) is 4.49. The standard InChI is InChI=1S/C13H12N4O2/c1-18-12-4-3-9(17-6-2-5-15-17)7-10(12)11-8-13(14)19-16-11/h2-8H,14H2,1H3. The maximum absolute atomic E-state index is 5.55. The predicted molar refractivity (Wildman–Crippen MR) is 70.0 cm³/mol. The van der Waals surface area contributed by atoms with E-state index in [4.69, 9.17) is 15.0 Å². The van der Waals surface area contributed by atoms with Gasteiger partial charge in [-0.05, 0) is 24.3 Å². The third-order valence-electron chi connectivity index (χ3n) is 2.76. The van der Waals surface area contributed by atoms with Crippen LogP contribution in [0.1, 0.15) is 0 Å². The fraction of sp³-hybridized carbons (Fsp3) is 0.0769. The van der Waals surface area contributed by atoms with E-state index in [2.05, 4.69) is 10.3 Å². The fourth-order valence-corrected chi connectivity index (χ4v) is 1.88. The maximum Gasteiger partial charge on any atom is 0.222 e. The molecule has 2 heterocycles.